The van der Waals surface area contributed by atoms with Crippen molar-refractivity contribution in [1.82, 2.24) is 0 Å². The quantitative estimate of drug-likeness (QED) is 0.849. The Balaban J connectivity index is 1.87. The smallest absolute Gasteiger partial charge is 0.120 e. The number of phenolic OH excluding ortho intramolecular Hbond substituents is 1. The van der Waals surface area contributed by atoms with Gasteiger partial charge in [-0.25, -0.2) is 0 Å². The van der Waals surface area contributed by atoms with E-state index in [-0.39, 0.29) is 0 Å². The number of fused-ring (bicyclic) bond motifs is 1. The number of hydrogen-bond donors (Lipinski definition) is 1. The van der Waals surface area contributed by atoms with Gasteiger partial charge >= 0.3 is 0 Å². The molecule has 3 rings (SSSR count). The molecule has 1 heterocycles. The van der Waals surface area contributed by atoms with Crippen molar-refractivity contribution >= 4 is 5.69 Å². The highest BCUT2D eigenvalue weighted by atomic mass is 16.3. The number of para-hydroxylation sites is 2. The molecule has 0 saturated carbocycles. The summed E-state index contributed by atoms with van der Waals surface area (Å²) in [6, 6.07) is 16.0. The second-order valence-corrected chi connectivity index (χ2v) is 4.43. The maximum atomic E-state index is 9.79. The Labute approximate surface area is 101 Å². The van der Waals surface area contributed by atoms with Gasteiger partial charge in [-0.2, -0.15) is 0 Å². The summed E-state index contributed by atoms with van der Waals surface area (Å²) in [5.41, 5.74) is 3.70. The standard InChI is InChI=1S/C15H15NO/c17-15-8-4-2-6-13(15)11-16-10-9-12-5-1-3-7-14(12)16/h1-8,17H,9-11H2. The molecule has 2 aromatic carbocycles. The number of nitrogens with zero attached hydrogens (tertiary/aromatic N) is 1. The van der Waals surface area contributed by atoms with Gasteiger partial charge in [0.15, 0.2) is 0 Å². The Bertz CT molecular complexity index is 536. The van der Waals surface area contributed by atoms with Crippen LogP contribution < -0.4 is 4.90 Å². The predicted octanol–water partition coefficient (Wildman–Crippen LogP) is 2.95. The molecule has 0 saturated heterocycles. The molecule has 1 aliphatic heterocycles. The van der Waals surface area contributed by atoms with Crippen LogP contribution in [0.4, 0.5) is 5.69 Å². The van der Waals surface area contributed by atoms with Crippen molar-refractivity contribution < 1.29 is 5.11 Å². The molecule has 0 fully saturated rings. The fourth-order valence-electron chi connectivity index (χ4n) is 2.42. The van der Waals surface area contributed by atoms with Crippen molar-refractivity contribution in [2.24, 2.45) is 0 Å². The molecule has 1 N–H and O–H groups in total. The average Bonchev–Trinajstić information content (AvgIpc) is 2.76. The van der Waals surface area contributed by atoms with Crippen molar-refractivity contribution in [2.75, 3.05) is 11.4 Å². The van der Waals surface area contributed by atoms with Gasteiger partial charge in [-0.15, -0.1) is 0 Å². The molecule has 2 aromatic rings. The normalized spacial score (nSPS) is 13.8. The molecule has 1 aliphatic rings. The maximum absolute atomic E-state index is 9.79. The zero-order valence-electron chi connectivity index (χ0n) is 9.63. The van der Waals surface area contributed by atoms with Crippen LogP contribution in [0.25, 0.3) is 0 Å². The first-order chi connectivity index (χ1) is 8.34. The van der Waals surface area contributed by atoms with Gasteiger partial charge in [0.25, 0.3) is 0 Å². The third-order valence-corrected chi connectivity index (χ3v) is 3.34. The summed E-state index contributed by atoms with van der Waals surface area (Å²) in [6.07, 6.45) is 1.10. The van der Waals surface area contributed by atoms with Crippen molar-refractivity contribution in [2.45, 2.75) is 13.0 Å². The van der Waals surface area contributed by atoms with Gasteiger partial charge in [-0.05, 0) is 24.1 Å². The third-order valence-electron chi connectivity index (χ3n) is 3.34. The minimum atomic E-state index is 0.386. The summed E-state index contributed by atoms with van der Waals surface area (Å²) in [4.78, 5) is 2.32. The molecule has 0 amide bonds. The number of hydrogen-bond acceptors (Lipinski definition) is 2. The highest BCUT2D eigenvalue weighted by Crippen LogP contribution is 2.30. The lowest BCUT2D eigenvalue weighted by atomic mass is 10.1. The van der Waals surface area contributed by atoms with Crippen LogP contribution in [0.5, 0.6) is 5.75 Å². The first-order valence-corrected chi connectivity index (χ1v) is 5.94. The Morgan fingerprint density at radius 3 is 2.65 bits per heavy atom. The number of aromatic hydroxyl groups is 1. The van der Waals surface area contributed by atoms with Gasteiger partial charge in [0, 0.05) is 24.3 Å². The average molecular weight is 225 g/mol. The van der Waals surface area contributed by atoms with Gasteiger partial charge in [0.2, 0.25) is 0 Å². The third kappa shape index (κ3) is 1.86. The molecule has 0 unspecified atom stereocenters. The van der Waals surface area contributed by atoms with Crippen molar-refractivity contribution in [3.63, 3.8) is 0 Å². The molecule has 0 bridgehead atoms. The summed E-state index contributed by atoms with van der Waals surface area (Å²) in [5.74, 6) is 0.386. The Kier molecular flexibility index (Phi) is 2.48. The molecule has 0 aliphatic carbocycles. The molecule has 2 heteroatoms. The molecule has 0 radical (unpaired) electrons. The molecule has 86 valence electrons. The summed E-state index contributed by atoms with van der Waals surface area (Å²) in [5, 5.41) is 9.79. The van der Waals surface area contributed by atoms with Crippen LogP contribution in [0.2, 0.25) is 0 Å². The van der Waals surface area contributed by atoms with Gasteiger partial charge in [-0.1, -0.05) is 36.4 Å². The highest BCUT2D eigenvalue weighted by molar-refractivity contribution is 5.58. The van der Waals surface area contributed by atoms with Crippen LogP contribution in [0, 0.1) is 0 Å². The number of rotatable bonds is 2. The highest BCUT2D eigenvalue weighted by Gasteiger charge is 2.18. The lowest BCUT2D eigenvalue weighted by Gasteiger charge is -2.19. The van der Waals surface area contributed by atoms with E-state index in [0.29, 0.717) is 5.75 Å². The SMILES string of the molecule is Oc1ccccc1CN1CCc2ccccc21. The molecular weight excluding hydrogens is 210 g/mol. The van der Waals surface area contributed by atoms with E-state index >= 15 is 0 Å². The second-order valence-electron chi connectivity index (χ2n) is 4.43. The molecule has 0 spiro atoms. The Morgan fingerprint density at radius 1 is 1.00 bits per heavy atom. The summed E-state index contributed by atoms with van der Waals surface area (Å²) in [6.45, 7) is 1.82. The largest absolute Gasteiger partial charge is 0.508 e. The Hall–Kier alpha value is -1.96. The van der Waals surface area contributed by atoms with E-state index in [1.807, 2.05) is 18.2 Å². The number of benzene rings is 2. The van der Waals surface area contributed by atoms with E-state index in [2.05, 4.69) is 29.2 Å². The molecule has 17 heavy (non-hydrogen) atoms. The molecule has 0 atom stereocenters. The van der Waals surface area contributed by atoms with E-state index in [9.17, 15) is 5.11 Å². The van der Waals surface area contributed by atoms with E-state index < -0.39 is 0 Å². The molecular formula is C15H15NO. The van der Waals surface area contributed by atoms with Crippen molar-refractivity contribution in [3.05, 3.63) is 59.7 Å². The maximum Gasteiger partial charge on any atom is 0.120 e. The fraction of sp³-hybridized carbons (Fsp3) is 0.200. The number of anilines is 1. The minimum Gasteiger partial charge on any atom is -0.508 e. The lowest BCUT2D eigenvalue weighted by Crippen LogP contribution is -2.19. The second kappa shape index (κ2) is 4.13. The molecule has 0 aromatic heterocycles. The van der Waals surface area contributed by atoms with Crippen LogP contribution in [-0.2, 0) is 13.0 Å². The van der Waals surface area contributed by atoms with Crippen molar-refractivity contribution in [3.8, 4) is 5.75 Å². The fourth-order valence-corrected chi connectivity index (χ4v) is 2.42. The topological polar surface area (TPSA) is 23.5 Å². The van der Waals surface area contributed by atoms with Gasteiger partial charge in [0.1, 0.15) is 5.75 Å². The monoisotopic (exact) mass is 225 g/mol. The predicted molar refractivity (Wildman–Crippen MR) is 69.3 cm³/mol. The van der Waals surface area contributed by atoms with Crippen LogP contribution in [0.15, 0.2) is 48.5 Å². The van der Waals surface area contributed by atoms with E-state index in [4.69, 9.17) is 0 Å². The Morgan fingerprint density at radius 2 is 1.76 bits per heavy atom. The van der Waals surface area contributed by atoms with Crippen molar-refractivity contribution in [1.29, 1.82) is 0 Å². The van der Waals surface area contributed by atoms with Gasteiger partial charge in [0.05, 0.1) is 0 Å². The molecule has 2 nitrogen and oxygen atoms in total. The first kappa shape index (κ1) is 10.2. The van der Waals surface area contributed by atoms with Crippen LogP contribution in [-0.4, -0.2) is 11.7 Å². The zero-order chi connectivity index (χ0) is 11.7. The lowest BCUT2D eigenvalue weighted by molar-refractivity contribution is 0.467. The first-order valence-electron chi connectivity index (χ1n) is 5.94. The van der Waals surface area contributed by atoms with E-state index in [1.54, 1.807) is 6.07 Å². The van der Waals surface area contributed by atoms with Crippen LogP contribution in [0.3, 0.4) is 0 Å². The zero-order valence-corrected chi connectivity index (χ0v) is 9.63. The number of phenols is 1. The summed E-state index contributed by atoms with van der Waals surface area (Å²) < 4.78 is 0. The van der Waals surface area contributed by atoms with E-state index in [1.165, 1.54) is 11.3 Å². The van der Waals surface area contributed by atoms with Crippen LogP contribution >= 0.6 is 0 Å². The van der Waals surface area contributed by atoms with E-state index in [0.717, 1.165) is 25.1 Å². The van der Waals surface area contributed by atoms with Crippen LogP contribution in [0.1, 0.15) is 11.1 Å². The van der Waals surface area contributed by atoms with Gasteiger partial charge < -0.3 is 10.0 Å². The minimum absolute atomic E-state index is 0.386. The van der Waals surface area contributed by atoms with Gasteiger partial charge in [-0.3, -0.25) is 0 Å². The summed E-state index contributed by atoms with van der Waals surface area (Å²) >= 11 is 0. The summed E-state index contributed by atoms with van der Waals surface area (Å²) in [7, 11) is 0.